The number of anilines is 1. The standard InChI is InChI=1S/C34H34N2O6/c1-23(35-33(37)22-41-24-11-5-4-6-12-24)20-36(31-18-17-25(39-2)19-32(31)40-3)34(38)42-21-30-28-15-9-7-13-26(28)27-14-8-10-16-29(27)30/h4-19,23,30H,20-22H2,1-3H3,(H,35,37). The molecule has 0 aliphatic heterocycles. The van der Waals surface area contributed by atoms with E-state index in [1.165, 1.54) is 12.0 Å². The number of hydrogen-bond donors (Lipinski definition) is 1. The zero-order valence-electron chi connectivity index (χ0n) is 23.9. The molecule has 0 spiro atoms. The van der Waals surface area contributed by atoms with E-state index < -0.39 is 12.1 Å². The number of nitrogens with one attached hydrogen (secondary N) is 1. The lowest BCUT2D eigenvalue weighted by Gasteiger charge is -2.28. The van der Waals surface area contributed by atoms with E-state index >= 15 is 0 Å². The third-order valence-electron chi connectivity index (χ3n) is 7.21. The van der Waals surface area contributed by atoms with Crippen LogP contribution in [0, 0.1) is 0 Å². The molecule has 1 unspecified atom stereocenters. The second-order valence-electron chi connectivity index (χ2n) is 10.0. The minimum atomic E-state index is -0.554. The Morgan fingerprint density at radius 3 is 2.10 bits per heavy atom. The first-order valence-electron chi connectivity index (χ1n) is 13.8. The van der Waals surface area contributed by atoms with Crippen LogP contribution in [0.2, 0.25) is 0 Å². The maximum absolute atomic E-state index is 13.8. The van der Waals surface area contributed by atoms with Crippen LogP contribution < -0.4 is 24.4 Å². The fourth-order valence-corrected chi connectivity index (χ4v) is 5.25. The number of hydrogen-bond acceptors (Lipinski definition) is 6. The molecule has 0 bridgehead atoms. The number of ether oxygens (including phenoxy) is 4. The lowest BCUT2D eigenvalue weighted by molar-refractivity contribution is -0.123. The number of para-hydroxylation sites is 1. The van der Waals surface area contributed by atoms with Crippen LogP contribution in [-0.4, -0.2) is 52.0 Å². The summed E-state index contributed by atoms with van der Waals surface area (Å²) >= 11 is 0. The van der Waals surface area contributed by atoms with Crippen molar-refractivity contribution >= 4 is 17.7 Å². The summed E-state index contributed by atoms with van der Waals surface area (Å²) in [4.78, 5) is 27.9. The molecule has 8 heteroatoms. The number of nitrogens with zero attached hydrogens (tertiary/aromatic N) is 1. The van der Waals surface area contributed by atoms with E-state index in [0.29, 0.717) is 22.9 Å². The van der Waals surface area contributed by atoms with Gasteiger partial charge in [0.25, 0.3) is 5.91 Å². The Kier molecular flexibility index (Phi) is 8.92. The highest BCUT2D eigenvalue weighted by Crippen LogP contribution is 2.44. The van der Waals surface area contributed by atoms with E-state index in [2.05, 4.69) is 29.6 Å². The fraction of sp³-hybridized carbons (Fsp3) is 0.235. The average Bonchev–Trinajstić information content (AvgIpc) is 3.35. The van der Waals surface area contributed by atoms with Crippen molar-refractivity contribution in [3.63, 3.8) is 0 Å². The van der Waals surface area contributed by atoms with Crippen molar-refractivity contribution in [2.45, 2.75) is 18.9 Å². The van der Waals surface area contributed by atoms with Gasteiger partial charge in [0.15, 0.2) is 6.61 Å². The van der Waals surface area contributed by atoms with Gasteiger partial charge in [0, 0.05) is 24.6 Å². The Balaban J connectivity index is 1.32. The Morgan fingerprint density at radius 2 is 1.45 bits per heavy atom. The van der Waals surface area contributed by atoms with Gasteiger partial charge in [-0.25, -0.2) is 4.79 Å². The summed E-state index contributed by atoms with van der Waals surface area (Å²) in [7, 11) is 3.09. The molecule has 1 atom stereocenters. The summed E-state index contributed by atoms with van der Waals surface area (Å²) in [6.07, 6.45) is -0.554. The van der Waals surface area contributed by atoms with Gasteiger partial charge in [0.2, 0.25) is 0 Å². The Hall–Kier alpha value is -4.98. The van der Waals surface area contributed by atoms with Crippen LogP contribution in [0.15, 0.2) is 97.1 Å². The molecule has 1 N–H and O–H groups in total. The molecule has 0 saturated heterocycles. The molecular weight excluding hydrogens is 532 g/mol. The van der Waals surface area contributed by atoms with Crippen molar-refractivity contribution in [2.75, 3.05) is 38.9 Å². The van der Waals surface area contributed by atoms with E-state index in [1.807, 2.05) is 49.4 Å². The highest BCUT2D eigenvalue weighted by Gasteiger charge is 2.31. The third kappa shape index (κ3) is 6.33. The zero-order valence-corrected chi connectivity index (χ0v) is 23.9. The van der Waals surface area contributed by atoms with Gasteiger partial charge in [-0.2, -0.15) is 0 Å². The Bertz CT molecular complexity index is 1490. The van der Waals surface area contributed by atoms with Crippen LogP contribution in [-0.2, 0) is 9.53 Å². The van der Waals surface area contributed by atoms with E-state index in [-0.39, 0.29) is 31.6 Å². The molecule has 1 aliphatic carbocycles. The minimum Gasteiger partial charge on any atom is -0.497 e. The third-order valence-corrected chi connectivity index (χ3v) is 7.21. The van der Waals surface area contributed by atoms with Gasteiger partial charge in [-0.15, -0.1) is 0 Å². The van der Waals surface area contributed by atoms with Crippen LogP contribution in [0.25, 0.3) is 11.1 Å². The molecular formula is C34H34N2O6. The molecule has 1 aliphatic rings. The van der Waals surface area contributed by atoms with Crippen molar-refractivity contribution in [3.05, 3.63) is 108 Å². The average molecular weight is 567 g/mol. The Labute approximate surface area is 245 Å². The SMILES string of the molecule is COc1ccc(N(CC(C)NC(=O)COc2ccccc2)C(=O)OCC2c3ccccc3-c3ccccc32)c(OC)c1. The zero-order chi connectivity index (χ0) is 29.5. The van der Waals surface area contributed by atoms with Gasteiger partial charge < -0.3 is 24.3 Å². The molecule has 0 saturated carbocycles. The van der Waals surface area contributed by atoms with Gasteiger partial charge in [-0.05, 0) is 53.4 Å². The van der Waals surface area contributed by atoms with Gasteiger partial charge >= 0.3 is 6.09 Å². The van der Waals surface area contributed by atoms with Gasteiger partial charge in [0.05, 0.1) is 19.9 Å². The van der Waals surface area contributed by atoms with Crippen molar-refractivity contribution in [1.29, 1.82) is 0 Å². The molecule has 4 aromatic rings. The first-order valence-corrected chi connectivity index (χ1v) is 13.8. The van der Waals surface area contributed by atoms with Crippen molar-refractivity contribution in [2.24, 2.45) is 0 Å². The van der Waals surface area contributed by atoms with E-state index in [4.69, 9.17) is 18.9 Å². The van der Waals surface area contributed by atoms with Crippen molar-refractivity contribution in [1.82, 2.24) is 5.32 Å². The summed E-state index contributed by atoms with van der Waals surface area (Å²) < 4.78 is 22.5. The second kappa shape index (κ2) is 13.1. The van der Waals surface area contributed by atoms with Crippen LogP contribution in [0.4, 0.5) is 10.5 Å². The molecule has 0 heterocycles. The number of benzene rings is 4. The van der Waals surface area contributed by atoms with E-state index in [9.17, 15) is 9.59 Å². The lowest BCUT2D eigenvalue weighted by atomic mass is 9.98. The molecule has 216 valence electrons. The van der Waals surface area contributed by atoms with Gasteiger partial charge in [0.1, 0.15) is 23.9 Å². The molecule has 0 radical (unpaired) electrons. The van der Waals surface area contributed by atoms with Crippen LogP contribution in [0.1, 0.15) is 24.0 Å². The van der Waals surface area contributed by atoms with Crippen LogP contribution >= 0.6 is 0 Å². The molecule has 42 heavy (non-hydrogen) atoms. The first kappa shape index (κ1) is 28.5. The smallest absolute Gasteiger partial charge is 0.414 e. The molecule has 2 amide bonds. The number of amides is 2. The quantitative estimate of drug-likeness (QED) is 0.238. The van der Waals surface area contributed by atoms with Crippen molar-refractivity contribution in [3.8, 4) is 28.4 Å². The predicted octanol–water partition coefficient (Wildman–Crippen LogP) is 6.04. The van der Waals surface area contributed by atoms with Crippen LogP contribution in [0.3, 0.4) is 0 Å². The molecule has 0 aromatic heterocycles. The highest BCUT2D eigenvalue weighted by molar-refractivity contribution is 5.90. The lowest BCUT2D eigenvalue weighted by Crippen LogP contribution is -2.46. The summed E-state index contributed by atoms with van der Waals surface area (Å²) in [6.45, 7) is 1.97. The minimum absolute atomic E-state index is 0.0896. The number of fused-ring (bicyclic) bond motifs is 3. The monoisotopic (exact) mass is 566 g/mol. The molecule has 5 rings (SSSR count). The fourth-order valence-electron chi connectivity index (χ4n) is 5.25. The summed E-state index contributed by atoms with van der Waals surface area (Å²) in [5.41, 5.74) is 5.05. The highest BCUT2D eigenvalue weighted by atomic mass is 16.6. The maximum Gasteiger partial charge on any atom is 0.414 e. The maximum atomic E-state index is 13.8. The number of carbonyl (C=O) groups excluding carboxylic acids is 2. The van der Waals surface area contributed by atoms with E-state index in [0.717, 1.165) is 22.3 Å². The summed E-state index contributed by atoms with van der Waals surface area (Å²) in [6, 6.07) is 30.3. The predicted molar refractivity (Wildman–Crippen MR) is 162 cm³/mol. The second-order valence-corrected chi connectivity index (χ2v) is 10.0. The number of carbonyl (C=O) groups is 2. The van der Waals surface area contributed by atoms with Gasteiger partial charge in [-0.1, -0.05) is 66.7 Å². The van der Waals surface area contributed by atoms with E-state index in [1.54, 1.807) is 37.4 Å². The van der Waals surface area contributed by atoms with Gasteiger partial charge in [-0.3, -0.25) is 9.69 Å². The first-order chi connectivity index (χ1) is 20.5. The molecule has 4 aromatic carbocycles. The Morgan fingerprint density at radius 1 is 0.810 bits per heavy atom. The normalized spacial score (nSPS) is 12.5. The summed E-state index contributed by atoms with van der Waals surface area (Å²) in [5.74, 6) is 1.23. The molecule has 0 fully saturated rings. The topological polar surface area (TPSA) is 86.3 Å². The molecule has 8 nitrogen and oxygen atoms in total. The van der Waals surface area contributed by atoms with Crippen molar-refractivity contribution < 1.29 is 28.5 Å². The summed E-state index contributed by atoms with van der Waals surface area (Å²) in [5, 5.41) is 2.91. The largest absolute Gasteiger partial charge is 0.497 e. The number of rotatable bonds is 11. The number of methoxy groups -OCH3 is 2. The van der Waals surface area contributed by atoms with Crippen LogP contribution in [0.5, 0.6) is 17.2 Å².